The van der Waals surface area contributed by atoms with Gasteiger partial charge in [0, 0.05) is 28.3 Å². The summed E-state index contributed by atoms with van der Waals surface area (Å²) in [6, 6.07) is 10.5. The molecule has 0 aliphatic carbocycles. The second kappa shape index (κ2) is 9.98. The second-order valence-electron chi connectivity index (χ2n) is 7.33. The molecule has 2 aromatic heterocycles. The lowest BCUT2D eigenvalue weighted by Crippen LogP contribution is -2.30. The van der Waals surface area contributed by atoms with Crippen LogP contribution in [0.2, 0.25) is 0 Å². The molecule has 0 spiro atoms. The molecule has 1 saturated heterocycles. The van der Waals surface area contributed by atoms with Gasteiger partial charge >= 0.3 is 0 Å². The average molecular weight is 490 g/mol. The minimum atomic E-state index is 0.0157. The summed E-state index contributed by atoms with van der Waals surface area (Å²) in [5.74, 6) is 0.0157. The third kappa shape index (κ3) is 5.75. The maximum absolute atomic E-state index is 12.5. The van der Waals surface area contributed by atoms with E-state index in [1.165, 1.54) is 43.5 Å². The average Bonchev–Trinajstić information content (AvgIpc) is 3.37. The molecule has 152 valence electrons. The molecule has 1 aliphatic heterocycles. The van der Waals surface area contributed by atoms with Crippen LogP contribution in [0.1, 0.15) is 36.1 Å². The Hall–Kier alpha value is -1.54. The summed E-state index contributed by atoms with van der Waals surface area (Å²) in [6.45, 7) is 3.89. The molecule has 29 heavy (non-hydrogen) atoms. The summed E-state index contributed by atoms with van der Waals surface area (Å²) in [6.07, 6.45) is 4.24. The van der Waals surface area contributed by atoms with Crippen molar-refractivity contribution in [3.8, 4) is 9.88 Å². The van der Waals surface area contributed by atoms with Gasteiger partial charge in [-0.2, -0.15) is 0 Å². The first-order valence-corrected chi connectivity index (χ1v) is 12.5. The van der Waals surface area contributed by atoms with E-state index in [1.807, 2.05) is 16.8 Å². The normalized spacial score (nSPS) is 14.8. The number of carbonyl (C=O) groups excluding carboxylic acids is 1. The molecule has 1 aromatic carbocycles. The summed E-state index contributed by atoms with van der Waals surface area (Å²) >= 11 is 6.72. The van der Waals surface area contributed by atoms with Gasteiger partial charge in [-0.05, 0) is 59.1 Å². The highest BCUT2D eigenvalue weighted by Gasteiger charge is 2.14. The van der Waals surface area contributed by atoms with Crippen LogP contribution in [0.25, 0.3) is 9.88 Å². The molecule has 0 radical (unpaired) electrons. The Morgan fingerprint density at radius 1 is 1.10 bits per heavy atom. The smallest absolute Gasteiger partial charge is 0.226 e. The van der Waals surface area contributed by atoms with Crippen LogP contribution in [0.3, 0.4) is 0 Å². The largest absolute Gasteiger partial charge is 0.352 e. The fraction of sp³-hybridized carbons (Fsp3) is 0.364. The predicted molar refractivity (Wildman–Crippen MR) is 124 cm³/mol. The van der Waals surface area contributed by atoms with E-state index in [4.69, 9.17) is 0 Å². The topological polar surface area (TPSA) is 45.2 Å². The number of benzene rings is 1. The van der Waals surface area contributed by atoms with Crippen LogP contribution < -0.4 is 5.32 Å². The van der Waals surface area contributed by atoms with Crippen molar-refractivity contribution in [1.82, 2.24) is 15.2 Å². The molecule has 7 heteroatoms. The van der Waals surface area contributed by atoms with Crippen LogP contribution >= 0.6 is 38.6 Å². The SMILES string of the molecule is O=C(Cc1csc(-c2cc(Br)cs2)n1)NCc1ccccc1CN1CCCCC1. The number of amides is 1. The second-order valence-corrected chi connectivity index (χ2v) is 10.0. The van der Waals surface area contributed by atoms with Gasteiger partial charge in [-0.3, -0.25) is 9.69 Å². The molecule has 0 atom stereocenters. The van der Waals surface area contributed by atoms with Crippen LogP contribution in [-0.2, 0) is 24.3 Å². The molecule has 0 unspecified atom stereocenters. The summed E-state index contributed by atoms with van der Waals surface area (Å²) in [7, 11) is 0. The van der Waals surface area contributed by atoms with E-state index in [0.717, 1.165) is 26.6 Å². The molecule has 1 aliphatic rings. The maximum atomic E-state index is 12.5. The van der Waals surface area contributed by atoms with Gasteiger partial charge in [0.2, 0.25) is 5.91 Å². The Labute approximate surface area is 188 Å². The highest BCUT2D eigenvalue weighted by Crippen LogP contribution is 2.32. The van der Waals surface area contributed by atoms with Crippen molar-refractivity contribution in [3.63, 3.8) is 0 Å². The van der Waals surface area contributed by atoms with E-state index in [1.54, 1.807) is 22.7 Å². The Morgan fingerprint density at radius 2 is 1.90 bits per heavy atom. The van der Waals surface area contributed by atoms with E-state index < -0.39 is 0 Å². The van der Waals surface area contributed by atoms with Gasteiger partial charge in [0.05, 0.1) is 17.0 Å². The third-order valence-electron chi connectivity index (χ3n) is 5.11. The van der Waals surface area contributed by atoms with E-state index in [-0.39, 0.29) is 5.91 Å². The van der Waals surface area contributed by atoms with E-state index in [9.17, 15) is 4.79 Å². The monoisotopic (exact) mass is 489 g/mol. The highest BCUT2D eigenvalue weighted by atomic mass is 79.9. The Kier molecular flexibility index (Phi) is 7.13. The zero-order valence-corrected chi connectivity index (χ0v) is 19.4. The third-order valence-corrected chi connectivity index (χ3v) is 7.86. The molecular weight excluding hydrogens is 466 g/mol. The van der Waals surface area contributed by atoms with Crippen molar-refractivity contribution in [1.29, 1.82) is 0 Å². The molecular formula is C22H24BrN3OS2. The first-order chi connectivity index (χ1) is 14.2. The van der Waals surface area contributed by atoms with Gasteiger partial charge in [-0.25, -0.2) is 4.98 Å². The Morgan fingerprint density at radius 3 is 2.66 bits per heavy atom. The first kappa shape index (κ1) is 20.7. The number of nitrogens with one attached hydrogen (secondary N) is 1. The molecule has 1 fully saturated rings. The standard InChI is InChI=1S/C22H24BrN3OS2/c23-18-10-20(28-14-18)22-25-19(15-29-22)11-21(27)24-12-16-6-2-3-7-17(16)13-26-8-4-1-5-9-26/h2-3,6-7,10,14-15H,1,4-5,8-9,11-13H2,(H,24,27). The molecule has 4 rings (SSSR count). The zero-order chi connectivity index (χ0) is 20.1. The van der Waals surface area contributed by atoms with E-state index >= 15 is 0 Å². The van der Waals surface area contributed by atoms with E-state index in [2.05, 4.69) is 55.4 Å². The molecule has 3 heterocycles. The first-order valence-electron chi connectivity index (χ1n) is 9.92. The van der Waals surface area contributed by atoms with Gasteiger partial charge in [0.1, 0.15) is 5.01 Å². The summed E-state index contributed by atoms with van der Waals surface area (Å²) in [4.78, 5) is 20.7. The number of rotatable bonds is 7. The summed E-state index contributed by atoms with van der Waals surface area (Å²) < 4.78 is 1.07. The van der Waals surface area contributed by atoms with Crippen molar-refractivity contribution in [2.45, 2.75) is 38.8 Å². The number of aromatic nitrogens is 1. The molecule has 0 saturated carbocycles. The minimum Gasteiger partial charge on any atom is -0.352 e. The number of thiazole rings is 1. The van der Waals surface area contributed by atoms with Gasteiger partial charge < -0.3 is 5.32 Å². The predicted octanol–water partition coefficient (Wildman–Crippen LogP) is 5.48. The number of likely N-dealkylation sites (tertiary alicyclic amines) is 1. The minimum absolute atomic E-state index is 0.0157. The van der Waals surface area contributed by atoms with Gasteiger partial charge in [-0.15, -0.1) is 22.7 Å². The zero-order valence-electron chi connectivity index (χ0n) is 16.2. The Balaban J connectivity index is 1.32. The molecule has 3 aromatic rings. The van der Waals surface area contributed by atoms with Crippen molar-refractivity contribution >= 4 is 44.5 Å². The lowest BCUT2D eigenvalue weighted by atomic mass is 10.0. The fourth-order valence-corrected chi connectivity index (χ4v) is 5.92. The number of carbonyl (C=O) groups is 1. The number of hydrogen-bond acceptors (Lipinski definition) is 5. The lowest BCUT2D eigenvalue weighted by Gasteiger charge is -2.27. The van der Waals surface area contributed by atoms with Crippen molar-refractivity contribution in [2.75, 3.05) is 13.1 Å². The van der Waals surface area contributed by atoms with Crippen LogP contribution in [0, 0.1) is 0 Å². The van der Waals surface area contributed by atoms with E-state index in [0.29, 0.717) is 13.0 Å². The Bertz CT molecular complexity index is 962. The molecule has 0 bridgehead atoms. The quantitative estimate of drug-likeness (QED) is 0.477. The van der Waals surface area contributed by atoms with Gasteiger partial charge in [0.25, 0.3) is 0 Å². The number of hydrogen-bond donors (Lipinski definition) is 1. The number of piperidine rings is 1. The van der Waals surface area contributed by atoms with Crippen LogP contribution in [-0.4, -0.2) is 28.9 Å². The molecule has 1 amide bonds. The van der Waals surface area contributed by atoms with Crippen molar-refractivity contribution < 1.29 is 4.79 Å². The number of thiophene rings is 1. The lowest BCUT2D eigenvalue weighted by molar-refractivity contribution is -0.120. The van der Waals surface area contributed by atoms with Crippen LogP contribution in [0.15, 0.2) is 45.6 Å². The van der Waals surface area contributed by atoms with Gasteiger partial charge in [-0.1, -0.05) is 30.7 Å². The van der Waals surface area contributed by atoms with Crippen molar-refractivity contribution in [2.24, 2.45) is 0 Å². The van der Waals surface area contributed by atoms with Crippen LogP contribution in [0.5, 0.6) is 0 Å². The van der Waals surface area contributed by atoms with Crippen molar-refractivity contribution in [3.05, 3.63) is 62.4 Å². The van der Waals surface area contributed by atoms with Crippen LogP contribution in [0.4, 0.5) is 0 Å². The maximum Gasteiger partial charge on any atom is 0.226 e. The number of halogens is 1. The summed E-state index contributed by atoms with van der Waals surface area (Å²) in [5, 5.41) is 8.07. The fourth-order valence-electron chi connectivity index (χ4n) is 3.59. The molecule has 1 N–H and O–H groups in total. The molecule has 4 nitrogen and oxygen atoms in total. The highest BCUT2D eigenvalue weighted by molar-refractivity contribution is 9.10. The number of nitrogens with zero attached hydrogens (tertiary/aromatic N) is 2. The van der Waals surface area contributed by atoms with Gasteiger partial charge in [0.15, 0.2) is 0 Å². The summed E-state index contributed by atoms with van der Waals surface area (Å²) in [5.41, 5.74) is 3.34.